The number of carbonyl (C=O) groups excluding carboxylic acids is 1. The average molecular weight is 406 g/mol. The lowest BCUT2D eigenvalue weighted by Crippen LogP contribution is -2.26. The van der Waals surface area contributed by atoms with E-state index in [0.717, 1.165) is 16.7 Å². The zero-order valence-corrected chi connectivity index (χ0v) is 17.2. The van der Waals surface area contributed by atoms with Crippen molar-refractivity contribution >= 4 is 5.97 Å². The molecule has 5 heteroatoms. The Morgan fingerprint density at radius 3 is 2.23 bits per heavy atom. The van der Waals surface area contributed by atoms with Gasteiger partial charge in [0.2, 0.25) is 0 Å². The number of benzene rings is 3. The summed E-state index contributed by atoms with van der Waals surface area (Å²) < 4.78 is 16.1. The number of aliphatic hydroxyl groups excluding tert-OH is 1. The fourth-order valence-corrected chi connectivity index (χ4v) is 3.16. The van der Waals surface area contributed by atoms with E-state index in [1.807, 2.05) is 73.7 Å². The number of carbonyl (C=O) groups is 1. The molecule has 0 spiro atoms. The van der Waals surface area contributed by atoms with Gasteiger partial charge in [-0.15, -0.1) is 0 Å². The van der Waals surface area contributed by atoms with Crippen LogP contribution in [0.1, 0.15) is 18.4 Å². The van der Waals surface area contributed by atoms with E-state index in [1.54, 1.807) is 19.2 Å². The van der Waals surface area contributed by atoms with Crippen LogP contribution in [-0.2, 0) is 9.53 Å². The van der Waals surface area contributed by atoms with Crippen molar-refractivity contribution in [2.24, 2.45) is 0 Å². The fraction of sp³-hybridized carbons (Fsp3) is 0.240. The largest absolute Gasteiger partial charge is 0.493 e. The second-order valence-corrected chi connectivity index (χ2v) is 6.92. The number of esters is 1. The van der Waals surface area contributed by atoms with Gasteiger partial charge in [0.05, 0.1) is 13.0 Å². The Hall–Kier alpha value is -3.31. The maximum atomic E-state index is 12.6. The number of ether oxygens (including phenoxy) is 3. The van der Waals surface area contributed by atoms with Gasteiger partial charge >= 0.3 is 5.97 Å². The topological polar surface area (TPSA) is 65.0 Å². The van der Waals surface area contributed by atoms with Crippen LogP contribution in [0, 0.1) is 0 Å². The van der Waals surface area contributed by atoms with Gasteiger partial charge in [-0.05, 0) is 35.7 Å². The summed E-state index contributed by atoms with van der Waals surface area (Å²) in [4.78, 5) is 12.6. The molecule has 2 atom stereocenters. The average Bonchev–Trinajstić information content (AvgIpc) is 2.81. The zero-order valence-electron chi connectivity index (χ0n) is 17.2. The Balaban J connectivity index is 1.58. The predicted molar refractivity (Wildman–Crippen MR) is 116 cm³/mol. The molecule has 0 fully saturated rings. The van der Waals surface area contributed by atoms with E-state index in [2.05, 4.69) is 0 Å². The smallest absolute Gasteiger partial charge is 0.313 e. The molecule has 0 aliphatic rings. The molecule has 30 heavy (non-hydrogen) atoms. The summed E-state index contributed by atoms with van der Waals surface area (Å²) in [6.07, 6.45) is -0.949. The van der Waals surface area contributed by atoms with E-state index in [-0.39, 0.29) is 13.2 Å². The van der Waals surface area contributed by atoms with E-state index >= 15 is 0 Å². The minimum Gasteiger partial charge on any atom is -0.493 e. The highest BCUT2D eigenvalue weighted by Crippen LogP contribution is 2.30. The molecular weight excluding hydrogens is 380 g/mol. The van der Waals surface area contributed by atoms with Crippen LogP contribution in [-0.4, -0.2) is 37.5 Å². The molecule has 0 radical (unpaired) electrons. The van der Waals surface area contributed by atoms with Crippen LogP contribution in [0.5, 0.6) is 11.5 Å². The number of hydrogen-bond acceptors (Lipinski definition) is 5. The number of aliphatic hydroxyl groups is 1. The zero-order chi connectivity index (χ0) is 21.3. The standard InChI is InChI=1S/C25H26O5/c1-18(21-12-6-7-13-22(21)19-10-4-3-5-11-19)25(27)30-17-20(26)16-29-24-15-9-8-14-23(24)28-2/h3-15,18,20,26H,16-17H2,1-2H3. The van der Waals surface area contributed by atoms with Gasteiger partial charge in [0.25, 0.3) is 0 Å². The van der Waals surface area contributed by atoms with Gasteiger partial charge in [0.1, 0.15) is 19.3 Å². The molecule has 0 aromatic heterocycles. The van der Waals surface area contributed by atoms with E-state index in [4.69, 9.17) is 14.2 Å². The summed E-state index contributed by atoms with van der Waals surface area (Å²) in [5.41, 5.74) is 2.91. The number of methoxy groups -OCH3 is 1. The first-order chi connectivity index (χ1) is 14.6. The van der Waals surface area contributed by atoms with Crippen LogP contribution < -0.4 is 9.47 Å². The molecule has 0 aliphatic heterocycles. The predicted octanol–water partition coefficient (Wildman–Crippen LogP) is 4.45. The van der Waals surface area contributed by atoms with Crippen LogP contribution in [0.2, 0.25) is 0 Å². The normalized spacial score (nSPS) is 12.6. The SMILES string of the molecule is COc1ccccc1OCC(O)COC(=O)C(C)c1ccccc1-c1ccccc1. The summed E-state index contributed by atoms with van der Waals surface area (Å²) >= 11 is 0. The summed E-state index contributed by atoms with van der Waals surface area (Å²) in [5, 5.41) is 10.2. The molecular formula is C25H26O5. The van der Waals surface area contributed by atoms with Crippen molar-refractivity contribution in [2.75, 3.05) is 20.3 Å². The van der Waals surface area contributed by atoms with E-state index in [9.17, 15) is 9.90 Å². The Kier molecular flexibility index (Phi) is 7.46. The maximum absolute atomic E-state index is 12.6. The van der Waals surface area contributed by atoms with Crippen molar-refractivity contribution in [3.05, 3.63) is 84.4 Å². The van der Waals surface area contributed by atoms with Crippen LogP contribution in [0.25, 0.3) is 11.1 Å². The van der Waals surface area contributed by atoms with Gasteiger partial charge in [0, 0.05) is 0 Å². The summed E-state index contributed by atoms with van der Waals surface area (Å²) in [7, 11) is 1.55. The second kappa shape index (κ2) is 10.5. The monoisotopic (exact) mass is 406 g/mol. The minimum absolute atomic E-state index is 0.0113. The third-order valence-corrected chi connectivity index (χ3v) is 4.78. The van der Waals surface area contributed by atoms with Crippen LogP contribution in [0.3, 0.4) is 0 Å². The van der Waals surface area contributed by atoms with Gasteiger partial charge in [-0.2, -0.15) is 0 Å². The van der Waals surface area contributed by atoms with E-state index in [1.165, 1.54) is 0 Å². The first-order valence-corrected chi connectivity index (χ1v) is 9.85. The van der Waals surface area contributed by atoms with Gasteiger partial charge < -0.3 is 19.3 Å². The molecule has 0 heterocycles. The lowest BCUT2D eigenvalue weighted by atomic mass is 9.91. The quantitative estimate of drug-likeness (QED) is 0.532. The first kappa shape index (κ1) is 21.4. The molecule has 1 N–H and O–H groups in total. The summed E-state index contributed by atoms with van der Waals surface area (Å²) in [6, 6.07) is 24.8. The lowest BCUT2D eigenvalue weighted by Gasteiger charge is -2.18. The molecule has 0 aliphatic carbocycles. The molecule has 5 nitrogen and oxygen atoms in total. The molecule has 3 aromatic rings. The lowest BCUT2D eigenvalue weighted by molar-refractivity contribution is -0.148. The van der Waals surface area contributed by atoms with Gasteiger partial charge in [-0.25, -0.2) is 0 Å². The van der Waals surface area contributed by atoms with Crippen LogP contribution in [0.15, 0.2) is 78.9 Å². The van der Waals surface area contributed by atoms with Crippen molar-refractivity contribution in [3.8, 4) is 22.6 Å². The van der Waals surface area contributed by atoms with Crippen molar-refractivity contribution in [2.45, 2.75) is 18.9 Å². The molecule has 156 valence electrons. The van der Waals surface area contributed by atoms with Crippen molar-refractivity contribution in [1.29, 1.82) is 0 Å². The van der Waals surface area contributed by atoms with Gasteiger partial charge in [0.15, 0.2) is 11.5 Å². The summed E-state index contributed by atoms with van der Waals surface area (Å²) in [6.45, 7) is 1.65. The second-order valence-electron chi connectivity index (χ2n) is 6.92. The van der Waals surface area contributed by atoms with Crippen molar-refractivity contribution < 1.29 is 24.1 Å². The molecule has 0 bridgehead atoms. The van der Waals surface area contributed by atoms with Crippen molar-refractivity contribution in [1.82, 2.24) is 0 Å². The third kappa shape index (κ3) is 5.39. The minimum atomic E-state index is -0.949. The molecule has 2 unspecified atom stereocenters. The summed E-state index contributed by atoms with van der Waals surface area (Å²) in [5.74, 6) is 0.238. The molecule has 0 saturated heterocycles. The fourth-order valence-electron chi connectivity index (χ4n) is 3.16. The van der Waals surface area contributed by atoms with Gasteiger partial charge in [-0.1, -0.05) is 66.7 Å². The number of rotatable bonds is 9. The molecule has 3 rings (SSSR count). The van der Waals surface area contributed by atoms with Gasteiger partial charge in [-0.3, -0.25) is 4.79 Å². The maximum Gasteiger partial charge on any atom is 0.313 e. The highest BCUT2D eigenvalue weighted by molar-refractivity contribution is 5.82. The Morgan fingerprint density at radius 1 is 0.867 bits per heavy atom. The number of para-hydroxylation sites is 2. The highest BCUT2D eigenvalue weighted by Gasteiger charge is 2.21. The van der Waals surface area contributed by atoms with Crippen LogP contribution in [0.4, 0.5) is 0 Å². The van der Waals surface area contributed by atoms with Crippen molar-refractivity contribution in [3.63, 3.8) is 0 Å². The van der Waals surface area contributed by atoms with E-state index < -0.39 is 18.0 Å². The Bertz CT molecular complexity index is 955. The third-order valence-electron chi connectivity index (χ3n) is 4.78. The molecule has 0 amide bonds. The van der Waals surface area contributed by atoms with Crippen LogP contribution >= 0.6 is 0 Å². The van der Waals surface area contributed by atoms with E-state index in [0.29, 0.717) is 11.5 Å². The number of hydrogen-bond donors (Lipinski definition) is 1. The first-order valence-electron chi connectivity index (χ1n) is 9.85. The Morgan fingerprint density at radius 2 is 1.50 bits per heavy atom. The highest BCUT2D eigenvalue weighted by atomic mass is 16.6. The Labute approximate surface area is 176 Å². The molecule has 0 saturated carbocycles. The molecule has 3 aromatic carbocycles.